The topological polar surface area (TPSA) is 96.0 Å². The minimum absolute atomic E-state index is 0.00742. The standard InChI is InChI=1S/C13H9Cl2N3O2S/c14-10-4-5-11(12(15)13(10)17)21(19,20)18-9-3-1-2-8(6-9)7-16/h1-6,18H,17H2. The van der Waals surface area contributed by atoms with Crippen LogP contribution in [-0.2, 0) is 10.0 Å². The van der Waals surface area contributed by atoms with E-state index >= 15 is 0 Å². The summed E-state index contributed by atoms with van der Waals surface area (Å²) in [6.07, 6.45) is 0. The highest BCUT2D eigenvalue weighted by Gasteiger charge is 2.21. The molecule has 0 aliphatic rings. The Morgan fingerprint density at radius 1 is 1.19 bits per heavy atom. The van der Waals surface area contributed by atoms with Gasteiger partial charge in [0.2, 0.25) is 0 Å². The molecule has 0 aliphatic carbocycles. The van der Waals surface area contributed by atoms with Crippen molar-refractivity contribution in [1.82, 2.24) is 0 Å². The van der Waals surface area contributed by atoms with Crippen molar-refractivity contribution in [3.63, 3.8) is 0 Å². The van der Waals surface area contributed by atoms with Gasteiger partial charge in [-0.1, -0.05) is 29.3 Å². The largest absolute Gasteiger partial charge is 0.396 e. The highest BCUT2D eigenvalue weighted by molar-refractivity contribution is 7.92. The third-order valence-electron chi connectivity index (χ3n) is 2.62. The smallest absolute Gasteiger partial charge is 0.263 e. The fourth-order valence-electron chi connectivity index (χ4n) is 1.62. The van der Waals surface area contributed by atoms with Crippen molar-refractivity contribution in [2.75, 3.05) is 10.5 Å². The number of benzene rings is 2. The number of nitrogens with zero attached hydrogens (tertiary/aromatic N) is 1. The molecule has 108 valence electrons. The van der Waals surface area contributed by atoms with E-state index in [1.807, 2.05) is 6.07 Å². The second kappa shape index (κ2) is 5.82. The van der Waals surface area contributed by atoms with Crippen LogP contribution in [0.4, 0.5) is 11.4 Å². The molecule has 0 saturated heterocycles. The van der Waals surface area contributed by atoms with Crippen molar-refractivity contribution in [3.8, 4) is 6.07 Å². The number of nitrogens with one attached hydrogen (secondary N) is 1. The van der Waals surface area contributed by atoms with Gasteiger partial charge in [-0.15, -0.1) is 0 Å². The van der Waals surface area contributed by atoms with Crippen LogP contribution in [0.25, 0.3) is 0 Å². The maximum absolute atomic E-state index is 12.3. The minimum Gasteiger partial charge on any atom is -0.396 e. The summed E-state index contributed by atoms with van der Waals surface area (Å²) in [6, 6.07) is 10.6. The summed E-state index contributed by atoms with van der Waals surface area (Å²) < 4.78 is 27.0. The molecule has 8 heteroatoms. The number of nitriles is 1. The highest BCUT2D eigenvalue weighted by Crippen LogP contribution is 2.33. The van der Waals surface area contributed by atoms with Gasteiger partial charge in [0, 0.05) is 0 Å². The predicted octanol–water partition coefficient (Wildman–Crippen LogP) is 3.25. The summed E-state index contributed by atoms with van der Waals surface area (Å²) in [5.41, 5.74) is 6.19. The number of hydrogen-bond donors (Lipinski definition) is 2. The van der Waals surface area contributed by atoms with Crippen molar-refractivity contribution >= 4 is 44.6 Å². The van der Waals surface area contributed by atoms with Gasteiger partial charge in [-0.3, -0.25) is 4.72 Å². The van der Waals surface area contributed by atoms with Gasteiger partial charge in [0.25, 0.3) is 10.0 Å². The zero-order valence-electron chi connectivity index (χ0n) is 10.5. The molecular weight excluding hydrogens is 333 g/mol. The second-order valence-electron chi connectivity index (χ2n) is 4.07. The van der Waals surface area contributed by atoms with E-state index in [2.05, 4.69) is 4.72 Å². The molecule has 0 bridgehead atoms. The van der Waals surface area contributed by atoms with E-state index in [0.29, 0.717) is 5.56 Å². The van der Waals surface area contributed by atoms with Gasteiger partial charge in [0.1, 0.15) is 4.90 Å². The SMILES string of the molecule is N#Cc1cccc(NS(=O)(=O)c2ccc(Cl)c(N)c2Cl)c1. The molecule has 2 aromatic carbocycles. The van der Waals surface area contributed by atoms with Gasteiger partial charge in [0.15, 0.2) is 0 Å². The van der Waals surface area contributed by atoms with E-state index in [0.717, 1.165) is 0 Å². The Bertz CT molecular complexity index is 845. The van der Waals surface area contributed by atoms with Crippen LogP contribution < -0.4 is 10.5 Å². The Balaban J connectivity index is 2.44. The highest BCUT2D eigenvalue weighted by atomic mass is 35.5. The Morgan fingerprint density at radius 2 is 1.90 bits per heavy atom. The molecule has 0 fully saturated rings. The molecule has 3 N–H and O–H groups in total. The molecule has 0 aromatic heterocycles. The van der Waals surface area contributed by atoms with E-state index in [-0.39, 0.29) is 26.3 Å². The van der Waals surface area contributed by atoms with Crippen LogP contribution in [0.1, 0.15) is 5.56 Å². The summed E-state index contributed by atoms with van der Waals surface area (Å²) in [4.78, 5) is -0.187. The first-order valence-corrected chi connectivity index (χ1v) is 7.85. The lowest BCUT2D eigenvalue weighted by Crippen LogP contribution is -2.14. The van der Waals surface area contributed by atoms with E-state index in [9.17, 15) is 8.42 Å². The first-order chi connectivity index (χ1) is 9.85. The van der Waals surface area contributed by atoms with Crippen molar-refractivity contribution in [1.29, 1.82) is 5.26 Å². The fourth-order valence-corrected chi connectivity index (χ4v) is 3.43. The molecule has 0 heterocycles. The number of nitrogen functional groups attached to an aromatic ring is 1. The van der Waals surface area contributed by atoms with Gasteiger partial charge in [-0.25, -0.2) is 8.42 Å². The Kier molecular flexibility index (Phi) is 4.28. The zero-order chi connectivity index (χ0) is 15.6. The van der Waals surface area contributed by atoms with Crippen molar-refractivity contribution in [2.45, 2.75) is 4.90 Å². The van der Waals surface area contributed by atoms with Crippen LogP contribution in [0, 0.1) is 11.3 Å². The predicted molar refractivity (Wildman–Crippen MR) is 82.8 cm³/mol. The second-order valence-corrected chi connectivity index (χ2v) is 6.51. The van der Waals surface area contributed by atoms with E-state index in [1.54, 1.807) is 12.1 Å². The monoisotopic (exact) mass is 341 g/mol. The fraction of sp³-hybridized carbons (Fsp3) is 0. The van der Waals surface area contributed by atoms with Crippen LogP contribution in [0.5, 0.6) is 0 Å². The Hall–Kier alpha value is -1.94. The average molecular weight is 342 g/mol. The van der Waals surface area contributed by atoms with Crippen LogP contribution >= 0.6 is 23.2 Å². The van der Waals surface area contributed by atoms with Gasteiger partial charge in [-0.2, -0.15) is 5.26 Å². The van der Waals surface area contributed by atoms with Crippen molar-refractivity contribution in [2.24, 2.45) is 0 Å². The quantitative estimate of drug-likeness (QED) is 0.837. The Labute approximate surface area is 132 Å². The molecule has 2 aromatic rings. The van der Waals surface area contributed by atoms with Crippen LogP contribution in [0.2, 0.25) is 10.0 Å². The minimum atomic E-state index is -3.94. The lowest BCUT2D eigenvalue weighted by Gasteiger charge is -2.11. The third kappa shape index (κ3) is 3.22. The van der Waals surface area contributed by atoms with Gasteiger partial charge in [0.05, 0.1) is 33.1 Å². The number of hydrogen-bond acceptors (Lipinski definition) is 4. The lowest BCUT2D eigenvalue weighted by molar-refractivity contribution is 0.601. The number of sulfonamides is 1. The summed E-state index contributed by atoms with van der Waals surface area (Å²) in [7, 11) is -3.94. The first kappa shape index (κ1) is 15.4. The maximum Gasteiger partial charge on any atom is 0.263 e. The molecule has 0 atom stereocenters. The van der Waals surface area contributed by atoms with Crippen molar-refractivity contribution < 1.29 is 8.42 Å². The average Bonchev–Trinajstić information content (AvgIpc) is 2.44. The van der Waals surface area contributed by atoms with Crippen LogP contribution in [0.15, 0.2) is 41.3 Å². The molecule has 0 unspecified atom stereocenters. The van der Waals surface area contributed by atoms with E-state index in [4.69, 9.17) is 34.2 Å². The maximum atomic E-state index is 12.3. The van der Waals surface area contributed by atoms with E-state index < -0.39 is 10.0 Å². The molecule has 0 aliphatic heterocycles. The molecular formula is C13H9Cl2N3O2S. The van der Waals surface area contributed by atoms with Crippen LogP contribution in [0.3, 0.4) is 0 Å². The summed E-state index contributed by atoms with van der Waals surface area (Å²) >= 11 is 11.7. The number of rotatable bonds is 3. The van der Waals surface area contributed by atoms with E-state index in [1.165, 1.54) is 24.3 Å². The molecule has 0 spiro atoms. The first-order valence-electron chi connectivity index (χ1n) is 5.61. The summed E-state index contributed by atoms with van der Waals surface area (Å²) in [6.45, 7) is 0. The summed E-state index contributed by atoms with van der Waals surface area (Å²) in [5.74, 6) is 0. The number of nitrogens with two attached hydrogens (primary N) is 1. The molecule has 5 nitrogen and oxygen atoms in total. The molecule has 0 saturated carbocycles. The number of halogens is 2. The summed E-state index contributed by atoms with van der Waals surface area (Å²) in [5, 5.41) is 8.83. The normalized spacial score (nSPS) is 10.9. The number of anilines is 2. The Morgan fingerprint density at radius 3 is 2.57 bits per heavy atom. The third-order valence-corrected chi connectivity index (χ3v) is 4.90. The molecule has 0 radical (unpaired) electrons. The van der Waals surface area contributed by atoms with Gasteiger partial charge >= 0.3 is 0 Å². The van der Waals surface area contributed by atoms with Crippen molar-refractivity contribution in [3.05, 3.63) is 52.0 Å². The molecule has 21 heavy (non-hydrogen) atoms. The molecule has 2 rings (SSSR count). The zero-order valence-corrected chi connectivity index (χ0v) is 12.8. The van der Waals surface area contributed by atoms with Gasteiger partial charge in [-0.05, 0) is 30.3 Å². The van der Waals surface area contributed by atoms with Gasteiger partial charge < -0.3 is 5.73 Å². The molecule has 0 amide bonds. The van der Waals surface area contributed by atoms with Crippen LogP contribution in [-0.4, -0.2) is 8.42 Å². The lowest BCUT2D eigenvalue weighted by atomic mass is 10.2.